The van der Waals surface area contributed by atoms with Crippen LogP contribution in [0.25, 0.3) is 33.1 Å². The molecule has 0 radical (unpaired) electrons. The summed E-state index contributed by atoms with van der Waals surface area (Å²) in [6, 6.07) is 9.24. The van der Waals surface area contributed by atoms with Crippen LogP contribution in [0.1, 0.15) is 17.5 Å². The first-order valence-corrected chi connectivity index (χ1v) is 9.17. The number of hydrogen-bond acceptors (Lipinski definition) is 3. The average Bonchev–Trinajstić information content (AvgIpc) is 3.29. The summed E-state index contributed by atoms with van der Waals surface area (Å²) in [5.74, 6) is 0. The standard InChI is InChI=1S/C20H18F2N4OS/c21-18(22)3-4-26-8-15(13-2-1-11(9-27)5-17(13)26)14-6-12(20(23)28)7-16-19(14)25-10-24-16/h1-2,5-8,10,18,27H,3-4,9H2,(H2,23,28)(H,24,25). The van der Waals surface area contributed by atoms with E-state index in [0.717, 1.165) is 38.6 Å². The molecule has 8 heteroatoms. The lowest BCUT2D eigenvalue weighted by Gasteiger charge is -2.06. The third-order valence-electron chi connectivity index (χ3n) is 4.82. The first kappa shape index (κ1) is 18.5. The Labute approximate surface area is 164 Å². The van der Waals surface area contributed by atoms with Crippen LogP contribution in [0.5, 0.6) is 0 Å². The van der Waals surface area contributed by atoms with Crippen LogP contribution in [0.3, 0.4) is 0 Å². The second-order valence-corrected chi connectivity index (χ2v) is 7.05. The lowest BCUT2D eigenvalue weighted by atomic mass is 10.00. The van der Waals surface area contributed by atoms with E-state index in [-0.39, 0.29) is 24.6 Å². The van der Waals surface area contributed by atoms with Crippen LogP contribution in [0.4, 0.5) is 8.78 Å². The van der Waals surface area contributed by atoms with Crippen molar-refractivity contribution in [3.63, 3.8) is 0 Å². The van der Waals surface area contributed by atoms with Crippen LogP contribution in [0.2, 0.25) is 0 Å². The number of benzene rings is 2. The van der Waals surface area contributed by atoms with Crippen molar-refractivity contribution >= 4 is 39.1 Å². The number of rotatable bonds is 6. The fourth-order valence-corrected chi connectivity index (χ4v) is 3.59. The number of hydrogen-bond donors (Lipinski definition) is 3. The van der Waals surface area contributed by atoms with Crippen molar-refractivity contribution in [1.29, 1.82) is 0 Å². The van der Waals surface area contributed by atoms with E-state index in [1.807, 2.05) is 36.5 Å². The van der Waals surface area contributed by atoms with E-state index in [1.54, 1.807) is 10.9 Å². The average molecular weight is 400 g/mol. The lowest BCUT2D eigenvalue weighted by molar-refractivity contribution is 0.132. The highest BCUT2D eigenvalue weighted by molar-refractivity contribution is 7.80. The van der Waals surface area contributed by atoms with Crippen LogP contribution in [-0.4, -0.2) is 31.1 Å². The van der Waals surface area contributed by atoms with Crippen molar-refractivity contribution in [3.05, 3.63) is 54.0 Å². The second kappa shape index (κ2) is 7.29. The van der Waals surface area contributed by atoms with Crippen LogP contribution in [-0.2, 0) is 13.2 Å². The zero-order chi connectivity index (χ0) is 19.8. The highest BCUT2D eigenvalue weighted by atomic mass is 32.1. The maximum atomic E-state index is 12.8. The van der Waals surface area contributed by atoms with Crippen molar-refractivity contribution in [2.24, 2.45) is 5.73 Å². The molecule has 5 nitrogen and oxygen atoms in total. The Morgan fingerprint density at radius 2 is 2.07 bits per heavy atom. The minimum absolute atomic E-state index is 0.118. The van der Waals surface area contributed by atoms with E-state index in [0.29, 0.717) is 5.56 Å². The van der Waals surface area contributed by atoms with Gasteiger partial charge in [-0.25, -0.2) is 13.8 Å². The number of fused-ring (bicyclic) bond motifs is 2. The quantitative estimate of drug-likeness (QED) is 0.428. The summed E-state index contributed by atoms with van der Waals surface area (Å²) in [6.45, 7) is 0.0528. The number of thiocarbonyl (C=S) groups is 1. The van der Waals surface area contributed by atoms with Gasteiger partial charge < -0.3 is 20.4 Å². The number of halogens is 2. The van der Waals surface area contributed by atoms with Gasteiger partial charge in [-0.15, -0.1) is 0 Å². The zero-order valence-corrected chi connectivity index (χ0v) is 15.6. The summed E-state index contributed by atoms with van der Waals surface area (Å²) in [4.78, 5) is 7.71. The van der Waals surface area contributed by atoms with Crippen LogP contribution in [0, 0.1) is 0 Å². The first-order valence-electron chi connectivity index (χ1n) is 8.76. The highest BCUT2D eigenvalue weighted by Gasteiger charge is 2.17. The number of nitrogens with one attached hydrogen (secondary N) is 1. The van der Waals surface area contributed by atoms with Gasteiger partial charge in [-0.05, 0) is 23.8 Å². The number of aliphatic hydroxyl groups excluding tert-OH is 1. The Morgan fingerprint density at radius 3 is 2.79 bits per heavy atom. The first-order chi connectivity index (χ1) is 13.5. The topological polar surface area (TPSA) is 79.9 Å². The number of alkyl halides is 2. The normalized spacial score (nSPS) is 11.7. The monoisotopic (exact) mass is 400 g/mol. The van der Waals surface area contributed by atoms with Gasteiger partial charge in [0.15, 0.2) is 0 Å². The van der Waals surface area contributed by atoms with Gasteiger partial charge in [0, 0.05) is 46.8 Å². The number of nitrogens with zero attached hydrogens (tertiary/aromatic N) is 2. The number of aryl methyl sites for hydroxylation is 1. The van der Waals surface area contributed by atoms with Gasteiger partial charge in [0.1, 0.15) is 4.99 Å². The van der Waals surface area contributed by atoms with Crippen molar-refractivity contribution in [2.45, 2.75) is 26.0 Å². The zero-order valence-electron chi connectivity index (χ0n) is 14.8. The van der Waals surface area contributed by atoms with Gasteiger partial charge in [-0.3, -0.25) is 0 Å². The van der Waals surface area contributed by atoms with Crippen molar-refractivity contribution in [2.75, 3.05) is 0 Å². The molecule has 2 aromatic carbocycles. The molecule has 0 spiro atoms. The van der Waals surface area contributed by atoms with Gasteiger partial charge >= 0.3 is 0 Å². The van der Waals surface area contributed by atoms with Crippen LogP contribution >= 0.6 is 12.2 Å². The molecule has 28 heavy (non-hydrogen) atoms. The van der Waals surface area contributed by atoms with Crippen LogP contribution in [0.15, 0.2) is 42.9 Å². The maximum Gasteiger partial charge on any atom is 0.240 e. The summed E-state index contributed by atoms with van der Waals surface area (Å²) < 4.78 is 27.4. The molecule has 0 amide bonds. The molecule has 0 aliphatic carbocycles. The third-order valence-corrected chi connectivity index (χ3v) is 5.06. The Balaban J connectivity index is 1.97. The molecule has 0 unspecified atom stereocenters. The Morgan fingerprint density at radius 1 is 1.25 bits per heavy atom. The lowest BCUT2D eigenvalue weighted by Crippen LogP contribution is -2.09. The largest absolute Gasteiger partial charge is 0.392 e. The minimum Gasteiger partial charge on any atom is -0.392 e. The van der Waals surface area contributed by atoms with E-state index >= 15 is 0 Å². The second-order valence-electron chi connectivity index (χ2n) is 6.61. The number of imidazole rings is 1. The van der Waals surface area contributed by atoms with Gasteiger partial charge in [0.25, 0.3) is 0 Å². The molecular formula is C20H18F2N4OS. The third kappa shape index (κ3) is 3.25. The van der Waals surface area contributed by atoms with Gasteiger partial charge in [0.05, 0.1) is 24.0 Å². The van der Waals surface area contributed by atoms with Crippen molar-refractivity contribution < 1.29 is 13.9 Å². The summed E-state index contributed by atoms with van der Waals surface area (Å²) in [6.07, 6.45) is 0.808. The fourth-order valence-electron chi connectivity index (χ4n) is 3.47. The smallest absolute Gasteiger partial charge is 0.240 e. The molecule has 0 aliphatic rings. The Kier molecular flexibility index (Phi) is 4.82. The number of aromatic amines is 1. The summed E-state index contributed by atoms with van der Waals surface area (Å²) in [5, 5.41) is 10.4. The van der Waals surface area contributed by atoms with Crippen LogP contribution < -0.4 is 5.73 Å². The van der Waals surface area contributed by atoms with Gasteiger partial charge in [-0.2, -0.15) is 0 Å². The molecule has 2 heterocycles. The summed E-state index contributed by atoms with van der Waals surface area (Å²) in [5.41, 5.74) is 11.3. The molecule has 0 atom stereocenters. The molecule has 0 saturated heterocycles. The highest BCUT2D eigenvalue weighted by Crippen LogP contribution is 2.36. The Hall–Kier alpha value is -2.84. The SMILES string of the molecule is NC(=S)c1cc(-c2cn(CCC(F)F)c3cc(CO)ccc23)c2[nH]cnc2c1. The molecule has 4 N–H and O–H groups in total. The summed E-state index contributed by atoms with van der Waals surface area (Å²) >= 11 is 5.14. The molecule has 4 aromatic rings. The molecule has 2 aromatic heterocycles. The molecular weight excluding hydrogens is 382 g/mol. The summed E-state index contributed by atoms with van der Waals surface area (Å²) in [7, 11) is 0. The van der Waals surface area contributed by atoms with E-state index in [1.165, 1.54) is 0 Å². The number of aromatic nitrogens is 3. The number of nitrogens with two attached hydrogens (primary N) is 1. The molecule has 0 bridgehead atoms. The predicted octanol–water partition coefficient (Wildman–Crippen LogP) is 3.97. The van der Waals surface area contributed by atoms with E-state index in [4.69, 9.17) is 18.0 Å². The minimum atomic E-state index is -2.39. The maximum absolute atomic E-state index is 12.8. The van der Waals surface area contributed by atoms with Gasteiger partial charge in [-0.1, -0.05) is 24.4 Å². The predicted molar refractivity (Wildman–Crippen MR) is 109 cm³/mol. The molecule has 0 fully saturated rings. The van der Waals surface area contributed by atoms with E-state index in [9.17, 15) is 13.9 Å². The van der Waals surface area contributed by atoms with E-state index in [2.05, 4.69) is 9.97 Å². The Bertz CT molecular complexity index is 1180. The molecule has 0 saturated carbocycles. The van der Waals surface area contributed by atoms with Crippen molar-refractivity contribution in [1.82, 2.24) is 14.5 Å². The molecule has 144 valence electrons. The molecule has 4 rings (SSSR count). The van der Waals surface area contributed by atoms with Gasteiger partial charge in [0.2, 0.25) is 6.43 Å². The molecule has 0 aliphatic heterocycles. The number of aliphatic hydroxyl groups is 1. The fraction of sp³-hybridized carbons (Fsp3) is 0.200. The van der Waals surface area contributed by atoms with E-state index < -0.39 is 6.43 Å². The van der Waals surface area contributed by atoms with Crippen molar-refractivity contribution in [3.8, 4) is 11.1 Å². The number of H-pyrrole nitrogens is 1.